The smallest absolute Gasteiger partial charge is 0.332 e. The van der Waals surface area contributed by atoms with Crippen molar-refractivity contribution in [2.24, 2.45) is 5.73 Å². The molecular formula is C21H29N3O5. The molecule has 1 heterocycles. The molecule has 0 unspecified atom stereocenters. The summed E-state index contributed by atoms with van der Waals surface area (Å²) in [5, 5.41) is 7.36. The largest absolute Gasteiger partial charge is 0.461 e. The van der Waals surface area contributed by atoms with Crippen LogP contribution in [0.1, 0.15) is 55.5 Å². The number of hydrogen-bond donors (Lipinski definition) is 2. The first-order valence-electron chi connectivity index (χ1n) is 9.82. The van der Waals surface area contributed by atoms with E-state index in [1.807, 2.05) is 0 Å². The predicted octanol–water partition coefficient (Wildman–Crippen LogP) is 1.89. The number of Topliss-reactive ketones (excluding diaryl/α,β-unsaturated/α-hetero) is 1. The summed E-state index contributed by atoms with van der Waals surface area (Å²) in [6.45, 7) is 4.59. The minimum Gasteiger partial charge on any atom is -0.461 e. The first kappa shape index (κ1) is 22.5. The highest BCUT2D eigenvalue weighted by atomic mass is 16.6. The van der Waals surface area contributed by atoms with E-state index in [4.69, 9.17) is 20.6 Å². The molecule has 0 aromatic heterocycles. The molecule has 1 aliphatic rings. The molecular weight excluding hydrogens is 374 g/mol. The Bertz CT molecular complexity index is 737. The Labute approximate surface area is 170 Å². The lowest BCUT2D eigenvalue weighted by atomic mass is 10.0. The van der Waals surface area contributed by atoms with Gasteiger partial charge in [-0.1, -0.05) is 24.3 Å². The second kappa shape index (κ2) is 10.7. The lowest BCUT2D eigenvalue weighted by Crippen LogP contribution is -2.41. The van der Waals surface area contributed by atoms with Gasteiger partial charge in [-0.3, -0.25) is 15.0 Å². The van der Waals surface area contributed by atoms with Crippen molar-refractivity contribution in [2.75, 3.05) is 19.7 Å². The molecule has 1 fully saturated rings. The number of amidine groups is 1. The minimum absolute atomic E-state index is 0.0524. The van der Waals surface area contributed by atoms with Crippen molar-refractivity contribution in [3.05, 3.63) is 35.4 Å². The number of rotatable bonds is 9. The number of esters is 1. The number of carbonyl (C=O) groups excluding carboxylic acids is 3. The zero-order valence-electron chi connectivity index (χ0n) is 17.0. The quantitative estimate of drug-likeness (QED) is 0.281. The van der Waals surface area contributed by atoms with E-state index < -0.39 is 0 Å². The lowest BCUT2D eigenvalue weighted by Gasteiger charge is -2.31. The Morgan fingerprint density at radius 1 is 1.10 bits per heavy atom. The standard InChI is InChI=1S/C21H29N3O5/c1-14(2)29-20(27)13-28-17-9-11-24(12-10-17)19(26)8-7-18(25)15-3-5-16(6-4-15)21(22)23/h3-6,14,17H,7-13H2,1-2H3,(H3,22,23). The van der Waals surface area contributed by atoms with Crippen molar-refractivity contribution in [1.82, 2.24) is 4.90 Å². The highest BCUT2D eigenvalue weighted by Crippen LogP contribution is 2.16. The summed E-state index contributed by atoms with van der Waals surface area (Å²) < 4.78 is 10.6. The summed E-state index contributed by atoms with van der Waals surface area (Å²) in [6, 6.07) is 6.49. The van der Waals surface area contributed by atoms with Gasteiger partial charge in [-0.15, -0.1) is 0 Å². The van der Waals surface area contributed by atoms with Gasteiger partial charge < -0.3 is 20.1 Å². The third-order valence-corrected chi connectivity index (χ3v) is 4.68. The van der Waals surface area contributed by atoms with Gasteiger partial charge in [-0.05, 0) is 26.7 Å². The van der Waals surface area contributed by atoms with E-state index in [0.717, 1.165) is 0 Å². The maximum absolute atomic E-state index is 12.4. The Kier molecular flexibility index (Phi) is 8.33. The fourth-order valence-electron chi connectivity index (χ4n) is 3.11. The third-order valence-electron chi connectivity index (χ3n) is 4.68. The van der Waals surface area contributed by atoms with Crippen LogP contribution in [0.5, 0.6) is 0 Å². The Balaban J connectivity index is 1.70. The number of nitrogens with zero attached hydrogens (tertiary/aromatic N) is 1. The molecule has 0 saturated carbocycles. The fourth-order valence-corrected chi connectivity index (χ4v) is 3.11. The number of ketones is 1. The number of piperidine rings is 1. The maximum Gasteiger partial charge on any atom is 0.332 e. The van der Waals surface area contributed by atoms with Gasteiger partial charge >= 0.3 is 5.97 Å². The van der Waals surface area contributed by atoms with Gasteiger partial charge in [0.1, 0.15) is 12.4 Å². The predicted molar refractivity (Wildman–Crippen MR) is 108 cm³/mol. The molecule has 3 N–H and O–H groups in total. The van der Waals surface area contributed by atoms with Crippen molar-refractivity contribution < 1.29 is 23.9 Å². The van der Waals surface area contributed by atoms with Crippen LogP contribution in [-0.2, 0) is 19.1 Å². The van der Waals surface area contributed by atoms with Gasteiger partial charge in [0.2, 0.25) is 5.91 Å². The molecule has 0 bridgehead atoms. The average Bonchev–Trinajstić information content (AvgIpc) is 2.70. The Morgan fingerprint density at radius 3 is 2.24 bits per heavy atom. The molecule has 0 atom stereocenters. The monoisotopic (exact) mass is 403 g/mol. The van der Waals surface area contributed by atoms with Gasteiger partial charge in [-0.2, -0.15) is 0 Å². The van der Waals surface area contributed by atoms with Crippen LogP contribution in [-0.4, -0.2) is 60.3 Å². The second-order valence-electron chi connectivity index (χ2n) is 7.34. The van der Waals surface area contributed by atoms with Crippen molar-refractivity contribution in [3.8, 4) is 0 Å². The van der Waals surface area contributed by atoms with E-state index in [-0.39, 0.29) is 55.2 Å². The number of benzene rings is 1. The topological polar surface area (TPSA) is 123 Å². The Morgan fingerprint density at radius 2 is 1.69 bits per heavy atom. The van der Waals surface area contributed by atoms with Crippen LogP contribution < -0.4 is 5.73 Å². The fraction of sp³-hybridized carbons (Fsp3) is 0.524. The zero-order chi connectivity index (χ0) is 21.4. The molecule has 0 aliphatic carbocycles. The first-order valence-corrected chi connectivity index (χ1v) is 9.82. The van der Waals surface area contributed by atoms with Crippen LogP contribution >= 0.6 is 0 Å². The van der Waals surface area contributed by atoms with E-state index >= 15 is 0 Å². The number of carbonyl (C=O) groups is 3. The summed E-state index contributed by atoms with van der Waals surface area (Å²) in [5.41, 5.74) is 6.46. The summed E-state index contributed by atoms with van der Waals surface area (Å²) in [5.74, 6) is -0.608. The normalized spacial score (nSPS) is 14.7. The third kappa shape index (κ3) is 7.30. The van der Waals surface area contributed by atoms with Crippen molar-refractivity contribution in [2.45, 2.75) is 51.7 Å². The highest BCUT2D eigenvalue weighted by molar-refractivity contribution is 6.00. The number of amides is 1. The van der Waals surface area contributed by atoms with Crippen LogP contribution in [0.15, 0.2) is 24.3 Å². The van der Waals surface area contributed by atoms with Crippen molar-refractivity contribution in [3.63, 3.8) is 0 Å². The average molecular weight is 403 g/mol. The zero-order valence-corrected chi connectivity index (χ0v) is 17.0. The Hall–Kier alpha value is -2.74. The number of nitrogens with two attached hydrogens (primary N) is 1. The number of nitrogen functional groups attached to an aromatic ring is 1. The number of likely N-dealkylation sites (tertiary alicyclic amines) is 1. The van der Waals surface area contributed by atoms with E-state index in [2.05, 4.69) is 0 Å². The van der Waals surface area contributed by atoms with Crippen molar-refractivity contribution >= 4 is 23.5 Å². The van der Waals surface area contributed by atoms with E-state index in [1.54, 1.807) is 43.0 Å². The minimum atomic E-state index is -0.381. The molecule has 2 rings (SSSR count). The molecule has 1 aromatic carbocycles. The molecule has 8 nitrogen and oxygen atoms in total. The van der Waals surface area contributed by atoms with Crippen LogP contribution in [0, 0.1) is 5.41 Å². The molecule has 158 valence electrons. The SMILES string of the molecule is CC(C)OC(=O)COC1CCN(C(=O)CCC(=O)c2ccc(C(=N)N)cc2)CC1. The molecule has 0 radical (unpaired) electrons. The van der Waals surface area contributed by atoms with Gasteiger partial charge in [-0.25, -0.2) is 4.79 Å². The lowest BCUT2D eigenvalue weighted by molar-refractivity contribution is -0.156. The molecule has 29 heavy (non-hydrogen) atoms. The van der Waals surface area contributed by atoms with Crippen LogP contribution in [0.25, 0.3) is 0 Å². The van der Waals surface area contributed by atoms with E-state index in [0.29, 0.717) is 37.1 Å². The molecule has 0 spiro atoms. The molecule has 1 saturated heterocycles. The maximum atomic E-state index is 12.4. The van der Waals surface area contributed by atoms with Crippen LogP contribution in [0.2, 0.25) is 0 Å². The van der Waals surface area contributed by atoms with Crippen LogP contribution in [0.4, 0.5) is 0 Å². The van der Waals surface area contributed by atoms with Gasteiger partial charge in [0.25, 0.3) is 0 Å². The van der Waals surface area contributed by atoms with E-state index in [1.165, 1.54) is 0 Å². The molecule has 8 heteroatoms. The first-order chi connectivity index (χ1) is 13.8. The van der Waals surface area contributed by atoms with Gasteiger partial charge in [0.15, 0.2) is 5.78 Å². The molecule has 1 aliphatic heterocycles. The summed E-state index contributed by atoms with van der Waals surface area (Å²) in [6.07, 6.45) is 1.36. The number of hydrogen-bond acceptors (Lipinski definition) is 6. The summed E-state index contributed by atoms with van der Waals surface area (Å²) >= 11 is 0. The van der Waals surface area contributed by atoms with Crippen molar-refractivity contribution in [1.29, 1.82) is 5.41 Å². The van der Waals surface area contributed by atoms with Gasteiger partial charge in [0.05, 0.1) is 12.2 Å². The summed E-state index contributed by atoms with van der Waals surface area (Å²) in [4.78, 5) is 37.9. The molecule has 1 amide bonds. The number of nitrogens with one attached hydrogen (secondary N) is 1. The van der Waals surface area contributed by atoms with Gasteiger partial charge in [0, 0.05) is 37.1 Å². The highest BCUT2D eigenvalue weighted by Gasteiger charge is 2.24. The second-order valence-corrected chi connectivity index (χ2v) is 7.34. The number of ether oxygens (including phenoxy) is 2. The molecule has 1 aromatic rings. The van der Waals surface area contributed by atoms with Crippen LogP contribution in [0.3, 0.4) is 0 Å². The van der Waals surface area contributed by atoms with E-state index in [9.17, 15) is 14.4 Å². The summed E-state index contributed by atoms with van der Waals surface area (Å²) in [7, 11) is 0.